The molecule has 1 aromatic heterocycles. The highest BCUT2D eigenvalue weighted by molar-refractivity contribution is 5.23. The summed E-state index contributed by atoms with van der Waals surface area (Å²) in [7, 11) is 2.05. The average molecular weight is 276 g/mol. The highest BCUT2D eigenvalue weighted by Gasteiger charge is 2.43. The molecule has 3 unspecified atom stereocenters. The smallest absolute Gasteiger partial charge is 0.0940 e. The van der Waals surface area contributed by atoms with Gasteiger partial charge in [0, 0.05) is 37.6 Å². The van der Waals surface area contributed by atoms with Crippen molar-refractivity contribution in [3.63, 3.8) is 0 Å². The van der Waals surface area contributed by atoms with Crippen molar-refractivity contribution in [1.82, 2.24) is 10.3 Å². The van der Waals surface area contributed by atoms with E-state index in [-0.39, 0.29) is 5.60 Å². The van der Waals surface area contributed by atoms with Crippen molar-refractivity contribution < 1.29 is 9.47 Å². The fourth-order valence-corrected chi connectivity index (χ4v) is 3.68. The molecule has 0 saturated carbocycles. The molecule has 110 valence electrons. The summed E-state index contributed by atoms with van der Waals surface area (Å²) in [5.41, 5.74) is 2.40. The lowest BCUT2D eigenvalue weighted by Gasteiger charge is -2.40. The largest absolute Gasteiger partial charge is 0.378 e. The molecule has 1 N–H and O–H groups in total. The van der Waals surface area contributed by atoms with E-state index >= 15 is 0 Å². The van der Waals surface area contributed by atoms with E-state index < -0.39 is 0 Å². The number of nitrogens with one attached hydrogen (secondary N) is 1. The van der Waals surface area contributed by atoms with Crippen LogP contribution in [0.1, 0.15) is 36.6 Å². The molecule has 3 atom stereocenters. The monoisotopic (exact) mass is 276 g/mol. The first kappa shape index (κ1) is 14.0. The second-order valence-corrected chi connectivity index (χ2v) is 6.03. The first-order valence-corrected chi connectivity index (χ1v) is 7.55. The van der Waals surface area contributed by atoms with E-state index in [4.69, 9.17) is 9.47 Å². The van der Waals surface area contributed by atoms with Gasteiger partial charge in [0.05, 0.1) is 12.2 Å². The van der Waals surface area contributed by atoms with E-state index in [9.17, 15) is 0 Å². The van der Waals surface area contributed by atoms with Crippen LogP contribution < -0.4 is 5.32 Å². The van der Waals surface area contributed by atoms with Crippen LogP contribution in [0.15, 0.2) is 18.3 Å². The van der Waals surface area contributed by atoms with Gasteiger partial charge in [-0.2, -0.15) is 0 Å². The van der Waals surface area contributed by atoms with Gasteiger partial charge in [-0.3, -0.25) is 4.98 Å². The number of hydrogen-bond acceptors (Lipinski definition) is 4. The Morgan fingerprint density at radius 1 is 1.45 bits per heavy atom. The number of hydrogen-bond donors (Lipinski definition) is 1. The van der Waals surface area contributed by atoms with E-state index in [1.54, 1.807) is 0 Å². The number of aryl methyl sites for hydroxylation is 1. The number of nitrogens with zero attached hydrogens (tertiary/aromatic N) is 1. The molecule has 1 aromatic rings. The molecule has 1 spiro atoms. The molecular weight excluding hydrogens is 252 g/mol. The number of pyridine rings is 1. The molecule has 0 aliphatic carbocycles. The van der Waals surface area contributed by atoms with Crippen LogP contribution in [0.5, 0.6) is 0 Å². The van der Waals surface area contributed by atoms with Crippen molar-refractivity contribution in [3.8, 4) is 0 Å². The van der Waals surface area contributed by atoms with Crippen molar-refractivity contribution in [2.45, 2.75) is 37.8 Å². The summed E-state index contributed by atoms with van der Waals surface area (Å²) in [5.74, 6) is 0.582. The maximum atomic E-state index is 6.05. The normalized spacial score (nSPS) is 31.6. The van der Waals surface area contributed by atoms with Crippen LogP contribution in [0, 0.1) is 12.8 Å². The highest BCUT2D eigenvalue weighted by Crippen LogP contribution is 2.41. The highest BCUT2D eigenvalue weighted by atomic mass is 16.6. The zero-order valence-electron chi connectivity index (χ0n) is 12.4. The Bertz CT molecular complexity index is 458. The first-order valence-electron chi connectivity index (χ1n) is 7.55. The molecule has 4 heteroatoms. The van der Waals surface area contributed by atoms with Gasteiger partial charge in [-0.1, -0.05) is 6.07 Å². The molecule has 2 aliphatic rings. The molecule has 3 heterocycles. The Balaban J connectivity index is 1.81. The Morgan fingerprint density at radius 3 is 3.05 bits per heavy atom. The van der Waals surface area contributed by atoms with Gasteiger partial charge >= 0.3 is 0 Å². The van der Waals surface area contributed by atoms with Gasteiger partial charge in [-0.15, -0.1) is 0 Å². The van der Waals surface area contributed by atoms with Crippen LogP contribution in [0.25, 0.3) is 0 Å². The molecule has 3 rings (SSSR count). The van der Waals surface area contributed by atoms with Crippen LogP contribution in [0.3, 0.4) is 0 Å². The fraction of sp³-hybridized carbons (Fsp3) is 0.688. The molecule has 0 bridgehead atoms. The molecule has 0 aromatic carbocycles. The lowest BCUT2D eigenvalue weighted by Crippen LogP contribution is -2.43. The maximum Gasteiger partial charge on any atom is 0.0940 e. The Hall–Kier alpha value is -0.970. The second kappa shape index (κ2) is 5.80. The second-order valence-electron chi connectivity index (χ2n) is 6.03. The van der Waals surface area contributed by atoms with Crippen molar-refractivity contribution in [1.29, 1.82) is 0 Å². The van der Waals surface area contributed by atoms with E-state index in [2.05, 4.69) is 23.3 Å². The molecular formula is C16H24N2O2. The molecule has 4 nitrogen and oxygen atoms in total. The van der Waals surface area contributed by atoms with Gasteiger partial charge in [0.15, 0.2) is 0 Å². The summed E-state index contributed by atoms with van der Waals surface area (Å²) in [5, 5.41) is 3.50. The molecule has 20 heavy (non-hydrogen) atoms. The minimum atomic E-state index is -0.0336. The Kier molecular flexibility index (Phi) is 4.06. The van der Waals surface area contributed by atoms with Crippen LogP contribution in [0.2, 0.25) is 0 Å². The zero-order valence-corrected chi connectivity index (χ0v) is 12.4. The quantitative estimate of drug-likeness (QED) is 0.919. The van der Waals surface area contributed by atoms with E-state index in [1.807, 2.05) is 19.3 Å². The minimum absolute atomic E-state index is 0.0336. The van der Waals surface area contributed by atoms with Crippen molar-refractivity contribution in [2.75, 3.05) is 26.9 Å². The third kappa shape index (κ3) is 2.60. The number of aromatic nitrogens is 1. The van der Waals surface area contributed by atoms with Crippen LogP contribution in [-0.2, 0) is 9.47 Å². The van der Waals surface area contributed by atoms with Crippen molar-refractivity contribution >= 4 is 0 Å². The Morgan fingerprint density at radius 2 is 2.35 bits per heavy atom. The van der Waals surface area contributed by atoms with Crippen molar-refractivity contribution in [2.24, 2.45) is 5.92 Å². The van der Waals surface area contributed by atoms with Gasteiger partial charge in [0.2, 0.25) is 0 Å². The van der Waals surface area contributed by atoms with Gasteiger partial charge in [-0.25, -0.2) is 0 Å². The zero-order chi connectivity index (χ0) is 14.0. The summed E-state index contributed by atoms with van der Waals surface area (Å²) < 4.78 is 11.6. The SMILES string of the molecule is CNC(c1cccnc1C)C1CCOC2(CCOC2)C1. The molecule has 2 saturated heterocycles. The molecule has 0 amide bonds. The topological polar surface area (TPSA) is 43.4 Å². The van der Waals surface area contributed by atoms with E-state index in [0.29, 0.717) is 12.0 Å². The first-order chi connectivity index (χ1) is 9.74. The van der Waals surface area contributed by atoms with Crippen molar-refractivity contribution in [3.05, 3.63) is 29.6 Å². The van der Waals surface area contributed by atoms with Gasteiger partial charge in [0.1, 0.15) is 0 Å². The lowest BCUT2D eigenvalue weighted by molar-refractivity contribution is -0.103. The summed E-state index contributed by atoms with van der Waals surface area (Å²) in [6.07, 6.45) is 5.07. The molecule has 0 radical (unpaired) electrons. The Labute approximate surface area is 120 Å². The summed E-state index contributed by atoms with van der Waals surface area (Å²) in [6, 6.07) is 4.57. The maximum absolute atomic E-state index is 6.05. The van der Waals surface area contributed by atoms with Gasteiger partial charge in [-0.05, 0) is 44.4 Å². The van der Waals surface area contributed by atoms with Crippen LogP contribution in [-0.4, -0.2) is 37.5 Å². The predicted octanol–water partition coefficient (Wildman–Crippen LogP) is 2.24. The summed E-state index contributed by atoms with van der Waals surface area (Å²) in [4.78, 5) is 4.44. The third-order valence-corrected chi connectivity index (χ3v) is 4.76. The summed E-state index contributed by atoms with van der Waals surface area (Å²) in [6.45, 7) is 4.52. The third-order valence-electron chi connectivity index (χ3n) is 4.76. The fourth-order valence-electron chi connectivity index (χ4n) is 3.68. The van der Waals surface area contributed by atoms with E-state index in [0.717, 1.165) is 44.8 Å². The number of rotatable bonds is 3. The predicted molar refractivity (Wildman–Crippen MR) is 77.6 cm³/mol. The van der Waals surface area contributed by atoms with Crippen LogP contribution in [0.4, 0.5) is 0 Å². The molecule has 2 aliphatic heterocycles. The average Bonchev–Trinajstić information content (AvgIpc) is 2.90. The number of ether oxygens (including phenoxy) is 2. The minimum Gasteiger partial charge on any atom is -0.378 e. The van der Waals surface area contributed by atoms with Gasteiger partial charge < -0.3 is 14.8 Å². The lowest BCUT2D eigenvalue weighted by atomic mass is 9.78. The van der Waals surface area contributed by atoms with E-state index in [1.165, 1.54) is 5.56 Å². The standard InChI is InChI=1S/C16H24N2O2/c1-12-14(4-3-7-18-12)15(17-2)13-5-8-20-16(10-13)6-9-19-11-16/h3-4,7,13,15,17H,5-6,8-11H2,1-2H3. The summed E-state index contributed by atoms with van der Waals surface area (Å²) >= 11 is 0. The molecule has 2 fully saturated rings. The van der Waals surface area contributed by atoms with Gasteiger partial charge in [0.25, 0.3) is 0 Å². The van der Waals surface area contributed by atoms with Crippen LogP contribution >= 0.6 is 0 Å².